The summed E-state index contributed by atoms with van der Waals surface area (Å²) >= 11 is 6.43. The Morgan fingerprint density at radius 2 is 1.82 bits per heavy atom. The monoisotopic (exact) mass is 471 g/mol. The van der Waals surface area contributed by atoms with E-state index in [1.165, 1.54) is 6.26 Å². The maximum Gasteiger partial charge on any atom is 0.291 e. The molecule has 0 saturated carbocycles. The largest absolute Gasteiger partial charge is 0.459 e. The minimum absolute atomic E-state index is 0.141. The van der Waals surface area contributed by atoms with Crippen molar-refractivity contribution in [3.8, 4) is 22.5 Å². The molecule has 5 aromatic rings. The number of rotatable bonds is 5. The number of amides is 2. The average molecular weight is 472 g/mol. The molecule has 0 aliphatic carbocycles. The van der Waals surface area contributed by atoms with Gasteiger partial charge in [-0.25, -0.2) is 9.97 Å². The van der Waals surface area contributed by atoms with E-state index >= 15 is 0 Å². The predicted octanol–water partition coefficient (Wildman–Crippen LogP) is 5.15. The first-order chi connectivity index (χ1) is 16.5. The van der Waals surface area contributed by atoms with Gasteiger partial charge in [-0.15, -0.1) is 0 Å². The molecule has 3 aromatic heterocycles. The van der Waals surface area contributed by atoms with Crippen molar-refractivity contribution >= 4 is 40.3 Å². The number of benzene rings is 2. The van der Waals surface area contributed by atoms with E-state index in [1.54, 1.807) is 55.7 Å². The average Bonchev–Trinajstić information content (AvgIpc) is 3.54. The summed E-state index contributed by atoms with van der Waals surface area (Å²) in [6.45, 7) is 0. The van der Waals surface area contributed by atoms with Crippen LogP contribution in [-0.2, 0) is 0 Å². The second-order valence-corrected chi connectivity index (χ2v) is 7.87. The number of H-pyrrole nitrogens is 1. The SMILES string of the molecule is CNC(=O)c1ccc(-c2cnc3nc(-c4cc(NC(=O)c5ccco5)ccc4Cl)[nH]c3c2)cc1. The molecule has 3 N–H and O–H groups in total. The topological polar surface area (TPSA) is 113 Å². The van der Waals surface area contributed by atoms with Gasteiger partial charge in [-0.1, -0.05) is 23.7 Å². The smallest absolute Gasteiger partial charge is 0.291 e. The third kappa shape index (κ3) is 4.14. The summed E-state index contributed by atoms with van der Waals surface area (Å²) in [7, 11) is 1.60. The summed E-state index contributed by atoms with van der Waals surface area (Å²) in [5, 5.41) is 5.86. The van der Waals surface area contributed by atoms with E-state index in [0.717, 1.165) is 16.6 Å². The number of fused-ring (bicyclic) bond motifs is 1. The van der Waals surface area contributed by atoms with Crippen molar-refractivity contribution in [2.75, 3.05) is 12.4 Å². The number of carbonyl (C=O) groups excluding carboxylic acids is 2. The molecular formula is C25H18ClN5O3. The van der Waals surface area contributed by atoms with Crippen molar-refractivity contribution < 1.29 is 14.0 Å². The number of anilines is 1. The first-order valence-corrected chi connectivity index (χ1v) is 10.7. The highest BCUT2D eigenvalue weighted by atomic mass is 35.5. The molecule has 0 unspecified atom stereocenters. The summed E-state index contributed by atoms with van der Waals surface area (Å²) in [5.74, 6) is 0.225. The summed E-state index contributed by atoms with van der Waals surface area (Å²) < 4.78 is 5.13. The predicted molar refractivity (Wildman–Crippen MR) is 130 cm³/mol. The second kappa shape index (κ2) is 8.84. The molecule has 5 rings (SSSR count). The minimum Gasteiger partial charge on any atom is -0.459 e. The Morgan fingerprint density at radius 3 is 2.56 bits per heavy atom. The Labute approximate surface area is 199 Å². The molecule has 8 nitrogen and oxygen atoms in total. The Kier molecular flexibility index (Phi) is 5.57. The number of hydrogen-bond acceptors (Lipinski definition) is 5. The number of nitrogens with zero attached hydrogens (tertiary/aromatic N) is 2. The van der Waals surface area contributed by atoms with Crippen molar-refractivity contribution in [3.63, 3.8) is 0 Å². The van der Waals surface area contributed by atoms with Crippen molar-refractivity contribution in [2.45, 2.75) is 0 Å². The highest BCUT2D eigenvalue weighted by Gasteiger charge is 2.14. The molecule has 9 heteroatoms. The van der Waals surface area contributed by atoms with Gasteiger partial charge in [0.25, 0.3) is 11.8 Å². The minimum atomic E-state index is -0.364. The fourth-order valence-electron chi connectivity index (χ4n) is 3.53. The van der Waals surface area contributed by atoms with Crippen molar-refractivity contribution in [3.05, 3.63) is 89.5 Å². The van der Waals surface area contributed by atoms with E-state index in [2.05, 4.69) is 25.6 Å². The molecule has 0 radical (unpaired) electrons. The highest BCUT2D eigenvalue weighted by Crippen LogP contribution is 2.31. The maximum absolute atomic E-state index is 12.3. The summed E-state index contributed by atoms with van der Waals surface area (Å²) in [6, 6.07) is 17.6. The number of aromatic amines is 1. The van der Waals surface area contributed by atoms with E-state index in [-0.39, 0.29) is 17.6 Å². The maximum atomic E-state index is 12.3. The highest BCUT2D eigenvalue weighted by molar-refractivity contribution is 6.33. The normalized spacial score (nSPS) is 10.9. The zero-order chi connectivity index (χ0) is 23.7. The Morgan fingerprint density at radius 1 is 1.00 bits per heavy atom. The fourth-order valence-corrected chi connectivity index (χ4v) is 3.74. The van der Waals surface area contributed by atoms with Gasteiger partial charge in [0.1, 0.15) is 5.82 Å². The molecule has 0 aliphatic rings. The number of carbonyl (C=O) groups is 2. The number of halogens is 1. The lowest BCUT2D eigenvalue weighted by Crippen LogP contribution is -2.17. The van der Waals surface area contributed by atoms with Gasteiger partial charge >= 0.3 is 0 Å². The van der Waals surface area contributed by atoms with Gasteiger partial charge in [0.15, 0.2) is 11.4 Å². The third-order valence-corrected chi connectivity index (χ3v) is 5.60. The lowest BCUT2D eigenvalue weighted by molar-refractivity contribution is 0.0961. The first-order valence-electron chi connectivity index (χ1n) is 10.3. The quantitative estimate of drug-likeness (QED) is 0.328. The molecule has 0 bridgehead atoms. The zero-order valence-electron chi connectivity index (χ0n) is 17.9. The fraction of sp³-hybridized carbons (Fsp3) is 0.0400. The third-order valence-electron chi connectivity index (χ3n) is 5.27. The summed E-state index contributed by atoms with van der Waals surface area (Å²) in [4.78, 5) is 36.4. The second-order valence-electron chi connectivity index (χ2n) is 7.46. The lowest BCUT2D eigenvalue weighted by Gasteiger charge is -2.07. The van der Waals surface area contributed by atoms with Crippen molar-refractivity contribution in [2.24, 2.45) is 0 Å². The van der Waals surface area contributed by atoms with E-state index in [9.17, 15) is 9.59 Å². The molecule has 0 atom stereocenters. The van der Waals surface area contributed by atoms with Crippen LogP contribution < -0.4 is 10.6 Å². The Hall–Kier alpha value is -4.43. The summed E-state index contributed by atoms with van der Waals surface area (Å²) in [5.41, 5.74) is 4.79. The van der Waals surface area contributed by atoms with Crippen LogP contribution in [0.3, 0.4) is 0 Å². The molecule has 0 fully saturated rings. The molecule has 0 saturated heterocycles. The Balaban J connectivity index is 1.44. The Bertz CT molecular complexity index is 1510. The van der Waals surface area contributed by atoms with Gasteiger partial charge in [0, 0.05) is 35.6 Å². The van der Waals surface area contributed by atoms with Crippen molar-refractivity contribution in [1.82, 2.24) is 20.3 Å². The van der Waals surface area contributed by atoms with Gasteiger partial charge in [-0.05, 0) is 54.1 Å². The van der Waals surface area contributed by atoms with Crippen LogP contribution in [0.2, 0.25) is 5.02 Å². The first kappa shape index (κ1) is 21.4. The van der Waals surface area contributed by atoms with Crippen LogP contribution in [0.4, 0.5) is 5.69 Å². The number of furan rings is 1. The molecule has 2 aromatic carbocycles. The van der Waals surface area contributed by atoms with E-state index < -0.39 is 0 Å². The molecular weight excluding hydrogens is 454 g/mol. The van der Waals surface area contributed by atoms with Crippen LogP contribution in [0, 0.1) is 0 Å². The van der Waals surface area contributed by atoms with Crippen LogP contribution >= 0.6 is 11.6 Å². The van der Waals surface area contributed by atoms with E-state index in [0.29, 0.717) is 33.3 Å². The van der Waals surface area contributed by atoms with Crippen LogP contribution in [-0.4, -0.2) is 33.8 Å². The van der Waals surface area contributed by atoms with E-state index in [4.69, 9.17) is 16.0 Å². The molecule has 0 spiro atoms. The van der Waals surface area contributed by atoms with Crippen LogP contribution in [0.15, 0.2) is 77.5 Å². The van der Waals surface area contributed by atoms with Crippen LogP contribution in [0.1, 0.15) is 20.9 Å². The van der Waals surface area contributed by atoms with Crippen LogP contribution in [0.25, 0.3) is 33.7 Å². The standard InChI is InChI=1S/C25H18ClN5O3/c1-27-24(32)15-6-4-14(5-7-15)16-11-20-23(28-13-16)31-22(30-20)18-12-17(8-9-19(18)26)29-25(33)21-3-2-10-34-21/h2-13H,1H3,(H,27,32)(H,29,33)(H,28,30,31). The van der Waals surface area contributed by atoms with E-state index in [1.807, 2.05) is 18.2 Å². The van der Waals surface area contributed by atoms with Gasteiger partial charge in [-0.2, -0.15) is 0 Å². The lowest BCUT2D eigenvalue weighted by atomic mass is 10.1. The number of imidazole rings is 1. The number of hydrogen-bond donors (Lipinski definition) is 3. The molecule has 0 aliphatic heterocycles. The van der Waals surface area contributed by atoms with Crippen molar-refractivity contribution in [1.29, 1.82) is 0 Å². The molecule has 34 heavy (non-hydrogen) atoms. The van der Waals surface area contributed by atoms with Gasteiger partial charge < -0.3 is 20.0 Å². The van der Waals surface area contributed by atoms with Gasteiger partial charge in [0.05, 0.1) is 16.8 Å². The van der Waals surface area contributed by atoms with Gasteiger partial charge in [-0.3, -0.25) is 9.59 Å². The molecule has 168 valence electrons. The number of pyridine rings is 1. The molecule has 2 amide bonds. The van der Waals surface area contributed by atoms with Crippen LogP contribution in [0.5, 0.6) is 0 Å². The zero-order valence-corrected chi connectivity index (χ0v) is 18.7. The van der Waals surface area contributed by atoms with Gasteiger partial charge in [0.2, 0.25) is 0 Å². The molecule has 3 heterocycles. The summed E-state index contributed by atoms with van der Waals surface area (Å²) in [6.07, 6.45) is 3.16. The number of aromatic nitrogens is 3. The number of nitrogens with one attached hydrogen (secondary N) is 3.